The van der Waals surface area contributed by atoms with Gasteiger partial charge in [0.25, 0.3) is 5.69 Å². The van der Waals surface area contributed by atoms with Gasteiger partial charge in [-0.25, -0.2) is 0 Å². The van der Waals surface area contributed by atoms with Crippen LogP contribution in [0.4, 0.5) is 17.1 Å². The Bertz CT molecular complexity index is 435. The molecule has 0 radical (unpaired) electrons. The smallest absolute Gasteiger partial charge is 0.273 e. The molecule has 0 aliphatic heterocycles. The molecule has 0 bridgehead atoms. The molecule has 0 saturated carbocycles. The first-order valence-electron chi connectivity index (χ1n) is 6.39. The number of hydrogen-bond donors (Lipinski definition) is 2. The predicted octanol–water partition coefficient (Wildman–Crippen LogP) is 2.32. The van der Waals surface area contributed by atoms with Gasteiger partial charge in [-0.15, -0.1) is 0 Å². The fraction of sp³-hybridized carbons (Fsp3) is 0.538. The van der Waals surface area contributed by atoms with E-state index >= 15 is 0 Å². The highest BCUT2D eigenvalue weighted by Gasteiger charge is 2.08. The minimum Gasteiger partial charge on any atom is -0.398 e. The van der Waals surface area contributed by atoms with Crippen LogP contribution in [0.25, 0.3) is 0 Å². The molecule has 0 aromatic heterocycles. The standard InChI is InChI=1S/C13H22N4O2/c1-10(2)16(3)6-4-5-15-12-7-11(14)8-13(9-12)17(18)19/h7-10,15H,4-6,14H2,1-3H3. The Kier molecular flexibility index (Phi) is 5.57. The van der Waals surface area contributed by atoms with Gasteiger partial charge in [0, 0.05) is 36.1 Å². The van der Waals surface area contributed by atoms with Crippen molar-refractivity contribution in [3.8, 4) is 0 Å². The van der Waals surface area contributed by atoms with Crippen LogP contribution in [0.15, 0.2) is 18.2 Å². The monoisotopic (exact) mass is 266 g/mol. The van der Waals surface area contributed by atoms with Crippen molar-refractivity contribution in [2.45, 2.75) is 26.3 Å². The zero-order valence-electron chi connectivity index (χ0n) is 11.7. The van der Waals surface area contributed by atoms with Gasteiger partial charge in [0.15, 0.2) is 0 Å². The molecular weight excluding hydrogens is 244 g/mol. The minimum atomic E-state index is -0.436. The molecule has 1 aromatic carbocycles. The third kappa shape index (κ3) is 5.13. The van der Waals surface area contributed by atoms with Crippen LogP contribution < -0.4 is 11.1 Å². The Morgan fingerprint density at radius 2 is 2.11 bits per heavy atom. The number of hydrogen-bond acceptors (Lipinski definition) is 5. The van der Waals surface area contributed by atoms with Crippen LogP contribution in [0.1, 0.15) is 20.3 Å². The molecule has 6 nitrogen and oxygen atoms in total. The number of nitro groups is 1. The van der Waals surface area contributed by atoms with Crippen LogP contribution in [-0.2, 0) is 0 Å². The van der Waals surface area contributed by atoms with Gasteiger partial charge in [0.05, 0.1) is 4.92 Å². The van der Waals surface area contributed by atoms with Crippen molar-refractivity contribution in [1.82, 2.24) is 4.90 Å². The quantitative estimate of drug-likeness (QED) is 0.342. The van der Waals surface area contributed by atoms with Gasteiger partial charge in [-0.2, -0.15) is 0 Å². The second kappa shape index (κ2) is 6.94. The summed E-state index contributed by atoms with van der Waals surface area (Å²) in [4.78, 5) is 12.5. The number of nitrogens with one attached hydrogen (secondary N) is 1. The summed E-state index contributed by atoms with van der Waals surface area (Å²) in [7, 11) is 2.08. The molecule has 106 valence electrons. The lowest BCUT2D eigenvalue weighted by atomic mass is 10.2. The molecule has 0 atom stereocenters. The molecule has 0 aliphatic rings. The third-order valence-electron chi connectivity index (χ3n) is 3.05. The Morgan fingerprint density at radius 3 is 2.68 bits per heavy atom. The number of nitrogen functional groups attached to an aromatic ring is 1. The first-order valence-corrected chi connectivity index (χ1v) is 6.39. The zero-order chi connectivity index (χ0) is 14.4. The predicted molar refractivity (Wildman–Crippen MR) is 78.4 cm³/mol. The van der Waals surface area contributed by atoms with E-state index in [1.54, 1.807) is 6.07 Å². The lowest BCUT2D eigenvalue weighted by Gasteiger charge is -2.20. The average molecular weight is 266 g/mol. The highest BCUT2D eigenvalue weighted by Crippen LogP contribution is 2.22. The Hall–Kier alpha value is -1.82. The molecule has 0 saturated heterocycles. The lowest BCUT2D eigenvalue weighted by Crippen LogP contribution is -2.28. The summed E-state index contributed by atoms with van der Waals surface area (Å²) in [6, 6.07) is 5.09. The van der Waals surface area contributed by atoms with Crippen molar-refractivity contribution in [1.29, 1.82) is 0 Å². The van der Waals surface area contributed by atoms with Gasteiger partial charge >= 0.3 is 0 Å². The van der Waals surface area contributed by atoms with Crippen LogP contribution in [0.3, 0.4) is 0 Å². The fourth-order valence-corrected chi connectivity index (χ4v) is 1.66. The van der Waals surface area contributed by atoms with E-state index in [1.807, 2.05) is 0 Å². The van der Waals surface area contributed by atoms with E-state index in [9.17, 15) is 10.1 Å². The summed E-state index contributed by atoms with van der Waals surface area (Å²) in [5.41, 5.74) is 6.74. The number of nitrogens with zero attached hydrogens (tertiary/aromatic N) is 2. The molecule has 19 heavy (non-hydrogen) atoms. The Labute approximate surface area is 113 Å². The largest absolute Gasteiger partial charge is 0.398 e. The van der Waals surface area contributed by atoms with Gasteiger partial charge in [-0.1, -0.05) is 0 Å². The maximum absolute atomic E-state index is 10.7. The van der Waals surface area contributed by atoms with Crippen LogP contribution in [-0.4, -0.2) is 36.0 Å². The van der Waals surface area contributed by atoms with Crippen molar-refractivity contribution in [3.63, 3.8) is 0 Å². The molecule has 3 N–H and O–H groups in total. The van der Waals surface area contributed by atoms with E-state index in [2.05, 4.69) is 31.1 Å². The van der Waals surface area contributed by atoms with E-state index in [0.717, 1.165) is 19.5 Å². The maximum Gasteiger partial charge on any atom is 0.273 e. The van der Waals surface area contributed by atoms with E-state index < -0.39 is 4.92 Å². The van der Waals surface area contributed by atoms with E-state index in [-0.39, 0.29) is 5.69 Å². The van der Waals surface area contributed by atoms with Gasteiger partial charge in [-0.3, -0.25) is 10.1 Å². The molecule has 0 aliphatic carbocycles. The van der Waals surface area contributed by atoms with Crippen molar-refractivity contribution in [3.05, 3.63) is 28.3 Å². The van der Waals surface area contributed by atoms with Crippen LogP contribution in [0.5, 0.6) is 0 Å². The summed E-state index contributed by atoms with van der Waals surface area (Å²) in [6.07, 6.45) is 0.970. The molecule has 6 heteroatoms. The average Bonchev–Trinajstić information content (AvgIpc) is 2.33. The van der Waals surface area contributed by atoms with E-state index in [1.165, 1.54) is 12.1 Å². The number of non-ortho nitro benzene ring substituents is 1. The van der Waals surface area contributed by atoms with E-state index in [4.69, 9.17) is 5.73 Å². The highest BCUT2D eigenvalue weighted by molar-refractivity contribution is 5.61. The van der Waals surface area contributed by atoms with Crippen LogP contribution in [0, 0.1) is 10.1 Å². The Balaban J connectivity index is 2.47. The zero-order valence-corrected chi connectivity index (χ0v) is 11.7. The van der Waals surface area contributed by atoms with Gasteiger partial charge in [0.2, 0.25) is 0 Å². The SMILES string of the molecule is CC(C)N(C)CCCNc1cc(N)cc([N+](=O)[O-])c1. The topological polar surface area (TPSA) is 84.4 Å². The van der Waals surface area contributed by atoms with Crippen molar-refractivity contribution < 1.29 is 4.92 Å². The fourth-order valence-electron chi connectivity index (χ4n) is 1.66. The van der Waals surface area contributed by atoms with Gasteiger partial charge in [0.1, 0.15) is 0 Å². The molecule has 1 rings (SSSR count). The molecule has 0 amide bonds. The summed E-state index contributed by atoms with van der Waals surface area (Å²) in [5.74, 6) is 0. The van der Waals surface area contributed by atoms with Gasteiger partial charge < -0.3 is 16.0 Å². The van der Waals surface area contributed by atoms with Crippen LogP contribution >= 0.6 is 0 Å². The lowest BCUT2D eigenvalue weighted by molar-refractivity contribution is -0.384. The number of nitrogens with two attached hydrogens (primary N) is 1. The summed E-state index contributed by atoms with van der Waals surface area (Å²) >= 11 is 0. The Morgan fingerprint density at radius 1 is 1.42 bits per heavy atom. The third-order valence-corrected chi connectivity index (χ3v) is 3.05. The molecule has 0 heterocycles. The molecule has 0 spiro atoms. The van der Waals surface area contributed by atoms with Gasteiger partial charge in [-0.05, 0) is 39.9 Å². The first-order chi connectivity index (χ1) is 8.90. The van der Waals surface area contributed by atoms with Crippen molar-refractivity contribution >= 4 is 17.1 Å². The number of benzene rings is 1. The van der Waals surface area contributed by atoms with Crippen molar-refractivity contribution in [2.24, 2.45) is 0 Å². The number of nitro benzene ring substituents is 1. The summed E-state index contributed by atoms with van der Waals surface area (Å²) in [5, 5.41) is 13.9. The second-order valence-corrected chi connectivity index (χ2v) is 4.93. The molecule has 1 aromatic rings. The molecular formula is C13H22N4O2. The minimum absolute atomic E-state index is 0.0156. The summed E-state index contributed by atoms with van der Waals surface area (Å²) in [6.45, 7) is 6.04. The van der Waals surface area contributed by atoms with Crippen LogP contribution in [0.2, 0.25) is 0 Å². The summed E-state index contributed by atoms with van der Waals surface area (Å²) < 4.78 is 0. The number of rotatable bonds is 7. The number of anilines is 2. The second-order valence-electron chi connectivity index (χ2n) is 4.93. The van der Waals surface area contributed by atoms with E-state index in [0.29, 0.717) is 17.4 Å². The van der Waals surface area contributed by atoms with Crippen molar-refractivity contribution in [2.75, 3.05) is 31.2 Å². The maximum atomic E-state index is 10.7. The normalized spacial score (nSPS) is 11.0. The molecule has 0 unspecified atom stereocenters. The molecule has 0 fully saturated rings. The highest BCUT2D eigenvalue weighted by atomic mass is 16.6. The first kappa shape index (κ1) is 15.2.